The summed E-state index contributed by atoms with van der Waals surface area (Å²) in [5, 5.41) is 9.60. The highest BCUT2D eigenvalue weighted by Crippen LogP contribution is 2.26. The van der Waals surface area contributed by atoms with Gasteiger partial charge in [0.2, 0.25) is 0 Å². The van der Waals surface area contributed by atoms with Gasteiger partial charge >= 0.3 is 5.97 Å². The number of aromatic nitrogens is 1. The van der Waals surface area contributed by atoms with Gasteiger partial charge in [-0.1, -0.05) is 30.4 Å². The zero-order valence-corrected chi connectivity index (χ0v) is 18.2. The highest BCUT2D eigenvalue weighted by Gasteiger charge is 2.16. The molecule has 0 aliphatic heterocycles. The summed E-state index contributed by atoms with van der Waals surface area (Å²) in [6.07, 6.45) is 7.32. The summed E-state index contributed by atoms with van der Waals surface area (Å²) in [7, 11) is 3.12. The van der Waals surface area contributed by atoms with Gasteiger partial charge in [0.15, 0.2) is 6.79 Å². The molecule has 32 heavy (non-hydrogen) atoms. The van der Waals surface area contributed by atoms with Gasteiger partial charge in [0.1, 0.15) is 23.1 Å². The molecule has 164 valence electrons. The van der Waals surface area contributed by atoms with Crippen molar-refractivity contribution >= 4 is 18.1 Å². The summed E-state index contributed by atoms with van der Waals surface area (Å²) in [5.74, 6) is 0.605. The third kappa shape index (κ3) is 5.17. The Kier molecular flexibility index (Phi) is 7.68. The van der Waals surface area contributed by atoms with Crippen molar-refractivity contribution in [2.45, 2.75) is 6.92 Å². The molecule has 0 spiro atoms. The topological polar surface area (TPSA) is 82.7 Å². The molecule has 0 bridgehead atoms. The average Bonchev–Trinajstić information content (AvgIpc) is 3.24. The zero-order chi connectivity index (χ0) is 22.9. The minimum Gasteiger partial charge on any atom is -0.496 e. The molecular formula is C25H24N2O5. The molecule has 0 amide bonds. The molecule has 0 fully saturated rings. The molecule has 1 aromatic heterocycles. The zero-order valence-electron chi connectivity index (χ0n) is 18.2. The van der Waals surface area contributed by atoms with Gasteiger partial charge in [0.25, 0.3) is 0 Å². The van der Waals surface area contributed by atoms with Crippen LogP contribution in [0.4, 0.5) is 0 Å². The van der Waals surface area contributed by atoms with Gasteiger partial charge in [-0.2, -0.15) is 5.26 Å². The molecule has 3 aromatic rings. The molecular weight excluding hydrogens is 408 g/mol. The highest BCUT2D eigenvalue weighted by molar-refractivity contribution is 5.93. The second kappa shape index (κ2) is 10.8. The Hall–Kier alpha value is -4.02. The van der Waals surface area contributed by atoms with Crippen LogP contribution in [0.3, 0.4) is 0 Å². The van der Waals surface area contributed by atoms with Crippen LogP contribution >= 0.6 is 0 Å². The summed E-state index contributed by atoms with van der Waals surface area (Å²) >= 11 is 0. The van der Waals surface area contributed by atoms with Crippen molar-refractivity contribution in [3.63, 3.8) is 0 Å². The maximum absolute atomic E-state index is 12.2. The minimum atomic E-state index is -0.476. The van der Waals surface area contributed by atoms with Crippen LogP contribution in [0.25, 0.3) is 17.8 Å². The number of rotatable bonds is 9. The van der Waals surface area contributed by atoms with Crippen LogP contribution in [-0.2, 0) is 9.47 Å². The number of hydrogen-bond donors (Lipinski definition) is 0. The lowest BCUT2D eigenvalue weighted by Gasteiger charge is -2.12. The summed E-state index contributed by atoms with van der Waals surface area (Å²) < 4.78 is 22.8. The largest absolute Gasteiger partial charge is 0.496 e. The molecule has 7 heteroatoms. The van der Waals surface area contributed by atoms with Crippen molar-refractivity contribution < 1.29 is 23.7 Å². The maximum atomic E-state index is 12.2. The SMILES string of the molecule is CCOC(=O)c1ccc(-n2cc(C#N)c(/C=C/c3ccccc3OC)c2)cc1OCOC. The first-order valence-electron chi connectivity index (χ1n) is 9.97. The standard InChI is InChI=1S/C25H24N2O5/c1-4-31-25(28)22-12-11-21(13-24(22)32-17-29-2)27-15-19(20(14-26)16-27)10-9-18-7-5-6-8-23(18)30-3/h5-13,15-16H,4,17H2,1-3H3/b10-9+. The fraction of sp³-hybridized carbons (Fsp3) is 0.200. The second-order valence-corrected chi connectivity index (χ2v) is 6.67. The van der Waals surface area contributed by atoms with Crippen LogP contribution in [0, 0.1) is 11.3 Å². The molecule has 0 unspecified atom stereocenters. The first-order valence-corrected chi connectivity index (χ1v) is 9.97. The van der Waals surface area contributed by atoms with Gasteiger partial charge in [-0.05, 0) is 25.1 Å². The van der Waals surface area contributed by atoms with Crippen molar-refractivity contribution in [1.29, 1.82) is 5.26 Å². The Bertz CT molecular complexity index is 1160. The molecule has 0 radical (unpaired) electrons. The number of nitrogens with zero attached hydrogens (tertiary/aromatic N) is 2. The van der Waals surface area contributed by atoms with Gasteiger partial charge < -0.3 is 23.5 Å². The molecule has 0 saturated heterocycles. The van der Waals surface area contributed by atoms with E-state index in [1.807, 2.05) is 42.6 Å². The molecule has 3 rings (SSSR count). The first-order chi connectivity index (χ1) is 15.6. The Morgan fingerprint density at radius 3 is 2.56 bits per heavy atom. The van der Waals surface area contributed by atoms with E-state index >= 15 is 0 Å². The van der Waals surface area contributed by atoms with E-state index in [4.69, 9.17) is 18.9 Å². The van der Waals surface area contributed by atoms with Gasteiger partial charge in [0, 0.05) is 42.4 Å². The van der Waals surface area contributed by atoms with E-state index < -0.39 is 5.97 Å². The Balaban J connectivity index is 1.96. The Labute approximate surface area is 187 Å². The lowest BCUT2D eigenvalue weighted by molar-refractivity contribution is 0.0438. The van der Waals surface area contributed by atoms with Gasteiger partial charge in [-0.3, -0.25) is 0 Å². The number of hydrogen-bond acceptors (Lipinski definition) is 6. The summed E-state index contributed by atoms with van der Waals surface area (Å²) in [6, 6.07) is 15.0. The van der Waals surface area contributed by atoms with Crippen LogP contribution in [0.1, 0.15) is 34.0 Å². The fourth-order valence-electron chi connectivity index (χ4n) is 3.12. The number of nitriles is 1. The Morgan fingerprint density at radius 2 is 1.84 bits per heavy atom. The number of carbonyl (C=O) groups excluding carboxylic acids is 1. The van der Waals surface area contributed by atoms with Crippen molar-refractivity contribution in [3.05, 3.63) is 77.1 Å². The maximum Gasteiger partial charge on any atom is 0.341 e. The van der Waals surface area contributed by atoms with Crippen LogP contribution in [-0.4, -0.2) is 38.2 Å². The van der Waals surface area contributed by atoms with Crippen molar-refractivity contribution in [2.75, 3.05) is 27.6 Å². The quantitative estimate of drug-likeness (QED) is 0.360. The van der Waals surface area contributed by atoms with E-state index in [1.54, 1.807) is 43.0 Å². The number of esters is 1. The van der Waals surface area contributed by atoms with E-state index in [0.717, 1.165) is 22.6 Å². The number of benzene rings is 2. The van der Waals surface area contributed by atoms with E-state index in [-0.39, 0.29) is 13.4 Å². The third-order valence-corrected chi connectivity index (χ3v) is 4.65. The third-order valence-electron chi connectivity index (χ3n) is 4.65. The van der Waals surface area contributed by atoms with Gasteiger partial charge in [-0.25, -0.2) is 4.79 Å². The average molecular weight is 432 g/mol. The normalized spacial score (nSPS) is 10.7. The van der Waals surface area contributed by atoms with E-state index in [0.29, 0.717) is 16.9 Å². The van der Waals surface area contributed by atoms with Crippen LogP contribution in [0.2, 0.25) is 0 Å². The summed E-state index contributed by atoms with van der Waals surface area (Å²) in [5.41, 5.74) is 3.17. The molecule has 2 aromatic carbocycles. The van der Waals surface area contributed by atoms with Gasteiger partial charge in [-0.15, -0.1) is 0 Å². The van der Waals surface area contributed by atoms with Crippen molar-refractivity contribution in [1.82, 2.24) is 4.57 Å². The van der Waals surface area contributed by atoms with E-state index in [1.165, 1.54) is 7.11 Å². The smallest absolute Gasteiger partial charge is 0.341 e. The summed E-state index contributed by atoms with van der Waals surface area (Å²) in [6.45, 7) is 1.98. The van der Waals surface area contributed by atoms with Crippen molar-refractivity contribution in [3.8, 4) is 23.3 Å². The minimum absolute atomic E-state index is 0.0160. The molecule has 0 N–H and O–H groups in total. The predicted molar refractivity (Wildman–Crippen MR) is 121 cm³/mol. The molecule has 7 nitrogen and oxygen atoms in total. The lowest BCUT2D eigenvalue weighted by Crippen LogP contribution is -2.10. The Morgan fingerprint density at radius 1 is 1.06 bits per heavy atom. The molecule has 0 aliphatic rings. The van der Waals surface area contributed by atoms with Crippen LogP contribution in [0.5, 0.6) is 11.5 Å². The monoisotopic (exact) mass is 432 g/mol. The van der Waals surface area contributed by atoms with E-state index in [9.17, 15) is 10.1 Å². The molecule has 0 aliphatic carbocycles. The molecule has 0 atom stereocenters. The second-order valence-electron chi connectivity index (χ2n) is 6.67. The number of carbonyl (C=O) groups is 1. The number of methoxy groups -OCH3 is 2. The fourth-order valence-corrected chi connectivity index (χ4v) is 3.12. The van der Waals surface area contributed by atoms with Crippen LogP contribution in [0.15, 0.2) is 54.9 Å². The highest BCUT2D eigenvalue weighted by atomic mass is 16.7. The van der Waals surface area contributed by atoms with E-state index in [2.05, 4.69) is 6.07 Å². The van der Waals surface area contributed by atoms with Gasteiger partial charge in [0.05, 0.1) is 19.3 Å². The predicted octanol–water partition coefficient (Wildman–Crippen LogP) is 4.69. The first kappa shape index (κ1) is 22.7. The number of ether oxygens (including phenoxy) is 4. The molecule has 1 heterocycles. The van der Waals surface area contributed by atoms with Crippen molar-refractivity contribution in [2.24, 2.45) is 0 Å². The van der Waals surface area contributed by atoms with Crippen LogP contribution < -0.4 is 9.47 Å². The summed E-state index contributed by atoms with van der Waals surface area (Å²) in [4.78, 5) is 12.2. The molecule has 0 saturated carbocycles. The number of para-hydroxylation sites is 1. The lowest BCUT2D eigenvalue weighted by atomic mass is 10.1.